The van der Waals surface area contributed by atoms with Crippen LogP contribution in [0.3, 0.4) is 0 Å². The monoisotopic (exact) mass is 329 g/mol. The summed E-state index contributed by atoms with van der Waals surface area (Å²) in [6.45, 7) is 2.65. The Labute approximate surface area is 133 Å². The van der Waals surface area contributed by atoms with Crippen LogP contribution in [0.5, 0.6) is 0 Å². The van der Waals surface area contributed by atoms with E-state index in [1.807, 2.05) is 6.92 Å². The van der Waals surface area contributed by atoms with Crippen LogP contribution < -0.4 is 5.32 Å². The van der Waals surface area contributed by atoms with Gasteiger partial charge in [0.2, 0.25) is 5.95 Å². The molecule has 0 radical (unpaired) electrons. The van der Waals surface area contributed by atoms with Crippen LogP contribution in [0.2, 0.25) is 0 Å². The highest BCUT2D eigenvalue weighted by Crippen LogP contribution is 2.54. The van der Waals surface area contributed by atoms with E-state index in [1.165, 1.54) is 6.42 Å². The van der Waals surface area contributed by atoms with Crippen LogP contribution in [0, 0.1) is 5.41 Å². The SMILES string of the molecule is CCO[C@@H]1C[C@H](Nc2nccc(C(F)(F)F)n2)C12CCCCC2. The Balaban J connectivity index is 1.75. The molecule has 0 amide bonds. The van der Waals surface area contributed by atoms with Crippen molar-refractivity contribution in [1.82, 2.24) is 9.97 Å². The van der Waals surface area contributed by atoms with E-state index in [0.29, 0.717) is 6.61 Å². The van der Waals surface area contributed by atoms with E-state index in [0.717, 1.165) is 44.4 Å². The van der Waals surface area contributed by atoms with Crippen molar-refractivity contribution in [3.05, 3.63) is 18.0 Å². The molecule has 1 heterocycles. The van der Waals surface area contributed by atoms with Gasteiger partial charge in [-0.2, -0.15) is 13.2 Å². The lowest BCUT2D eigenvalue weighted by Crippen LogP contribution is -2.62. The van der Waals surface area contributed by atoms with Crippen LogP contribution in [-0.4, -0.2) is 28.7 Å². The van der Waals surface area contributed by atoms with Gasteiger partial charge >= 0.3 is 6.18 Å². The van der Waals surface area contributed by atoms with Gasteiger partial charge in [0, 0.05) is 24.3 Å². The maximum atomic E-state index is 12.8. The first-order valence-electron chi connectivity index (χ1n) is 8.24. The van der Waals surface area contributed by atoms with Crippen LogP contribution in [0.25, 0.3) is 0 Å². The Morgan fingerprint density at radius 2 is 2.04 bits per heavy atom. The second kappa shape index (κ2) is 6.26. The van der Waals surface area contributed by atoms with Crippen molar-refractivity contribution in [2.75, 3.05) is 11.9 Å². The van der Waals surface area contributed by atoms with Gasteiger partial charge in [0.15, 0.2) is 0 Å². The number of ether oxygens (including phenoxy) is 1. The molecular weight excluding hydrogens is 307 g/mol. The molecule has 0 saturated heterocycles. The molecule has 2 saturated carbocycles. The van der Waals surface area contributed by atoms with Gasteiger partial charge in [0.05, 0.1) is 6.10 Å². The molecule has 0 bridgehead atoms. The zero-order valence-electron chi connectivity index (χ0n) is 13.2. The molecule has 2 fully saturated rings. The van der Waals surface area contributed by atoms with Gasteiger partial charge in [-0.25, -0.2) is 9.97 Å². The highest BCUT2D eigenvalue weighted by molar-refractivity contribution is 5.32. The number of nitrogens with one attached hydrogen (secondary N) is 1. The molecule has 1 spiro atoms. The second-order valence-electron chi connectivity index (χ2n) is 6.43. The van der Waals surface area contributed by atoms with Crippen molar-refractivity contribution in [3.63, 3.8) is 0 Å². The Hall–Kier alpha value is -1.37. The number of alkyl halides is 3. The standard InChI is InChI=1S/C16H22F3N3O/c1-2-23-13-10-12(15(13)7-4-3-5-8-15)22-14-20-9-6-11(21-14)16(17,18)19/h6,9,12-13H,2-5,7-8,10H2,1H3,(H,20,21,22)/t12-,13+/m0/s1. The largest absolute Gasteiger partial charge is 0.433 e. The van der Waals surface area contributed by atoms with Crippen molar-refractivity contribution in [2.45, 2.75) is 63.8 Å². The molecule has 4 nitrogen and oxygen atoms in total. The van der Waals surface area contributed by atoms with E-state index >= 15 is 0 Å². The molecule has 0 aromatic carbocycles. The van der Waals surface area contributed by atoms with E-state index in [9.17, 15) is 13.2 Å². The molecule has 1 aromatic rings. The summed E-state index contributed by atoms with van der Waals surface area (Å²) in [5, 5.41) is 3.14. The molecular formula is C16H22F3N3O. The van der Waals surface area contributed by atoms with Crippen LogP contribution in [0.4, 0.5) is 19.1 Å². The minimum atomic E-state index is -4.45. The summed E-state index contributed by atoms with van der Waals surface area (Å²) < 4.78 is 44.2. The number of hydrogen-bond acceptors (Lipinski definition) is 4. The first-order chi connectivity index (χ1) is 11.0. The van der Waals surface area contributed by atoms with Crippen molar-refractivity contribution in [3.8, 4) is 0 Å². The average Bonchev–Trinajstić information content (AvgIpc) is 2.54. The maximum Gasteiger partial charge on any atom is 0.433 e. The molecule has 2 aliphatic carbocycles. The van der Waals surface area contributed by atoms with Crippen LogP contribution in [0.1, 0.15) is 51.1 Å². The number of rotatable bonds is 4. The molecule has 23 heavy (non-hydrogen) atoms. The fourth-order valence-electron chi connectivity index (χ4n) is 4.01. The van der Waals surface area contributed by atoms with Gasteiger partial charge in [0.25, 0.3) is 0 Å². The molecule has 2 aliphatic rings. The van der Waals surface area contributed by atoms with E-state index in [2.05, 4.69) is 15.3 Å². The van der Waals surface area contributed by atoms with Gasteiger partial charge in [0.1, 0.15) is 5.69 Å². The molecule has 1 N–H and O–H groups in total. The second-order valence-corrected chi connectivity index (χ2v) is 6.43. The van der Waals surface area contributed by atoms with E-state index in [-0.39, 0.29) is 23.5 Å². The summed E-state index contributed by atoms with van der Waals surface area (Å²) in [5.74, 6) is 0.0599. The molecule has 1 aromatic heterocycles. The first kappa shape index (κ1) is 16.5. The molecule has 0 unspecified atom stereocenters. The third-order valence-corrected chi connectivity index (χ3v) is 5.19. The fourth-order valence-corrected chi connectivity index (χ4v) is 4.01. The van der Waals surface area contributed by atoms with E-state index in [4.69, 9.17) is 4.74 Å². The van der Waals surface area contributed by atoms with E-state index < -0.39 is 11.9 Å². The summed E-state index contributed by atoms with van der Waals surface area (Å²) in [5.41, 5.74) is -0.889. The van der Waals surface area contributed by atoms with Gasteiger partial charge in [-0.15, -0.1) is 0 Å². The minimum Gasteiger partial charge on any atom is -0.378 e. The lowest BCUT2D eigenvalue weighted by atomic mass is 9.55. The fraction of sp³-hybridized carbons (Fsp3) is 0.750. The van der Waals surface area contributed by atoms with Gasteiger partial charge in [-0.05, 0) is 32.3 Å². The normalized spacial score (nSPS) is 26.8. The third-order valence-electron chi connectivity index (χ3n) is 5.19. The van der Waals surface area contributed by atoms with Crippen molar-refractivity contribution in [1.29, 1.82) is 0 Å². The van der Waals surface area contributed by atoms with Gasteiger partial charge in [-0.3, -0.25) is 0 Å². The Kier molecular flexibility index (Phi) is 4.49. The average molecular weight is 329 g/mol. The maximum absolute atomic E-state index is 12.8. The predicted molar refractivity (Wildman–Crippen MR) is 80.0 cm³/mol. The number of aromatic nitrogens is 2. The van der Waals surface area contributed by atoms with Crippen LogP contribution in [-0.2, 0) is 10.9 Å². The molecule has 0 aliphatic heterocycles. The Morgan fingerprint density at radius 1 is 1.30 bits per heavy atom. The smallest absolute Gasteiger partial charge is 0.378 e. The highest BCUT2D eigenvalue weighted by Gasteiger charge is 2.55. The molecule has 7 heteroatoms. The molecule has 2 atom stereocenters. The summed E-state index contributed by atoms with van der Waals surface area (Å²) in [6, 6.07) is 0.980. The van der Waals surface area contributed by atoms with Gasteiger partial charge < -0.3 is 10.1 Å². The first-order valence-corrected chi connectivity index (χ1v) is 8.24. The van der Waals surface area contributed by atoms with Crippen molar-refractivity contribution < 1.29 is 17.9 Å². The van der Waals surface area contributed by atoms with Crippen LogP contribution in [0.15, 0.2) is 12.3 Å². The summed E-state index contributed by atoms with van der Waals surface area (Å²) in [4.78, 5) is 7.59. The quantitative estimate of drug-likeness (QED) is 0.906. The van der Waals surface area contributed by atoms with E-state index in [1.54, 1.807) is 0 Å². The zero-order chi connectivity index (χ0) is 16.5. The Bertz CT molecular complexity index is 544. The third kappa shape index (κ3) is 3.16. The number of nitrogens with zero attached hydrogens (tertiary/aromatic N) is 2. The Morgan fingerprint density at radius 3 is 2.70 bits per heavy atom. The summed E-state index contributed by atoms with van der Waals surface area (Å²) >= 11 is 0. The van der Waals surface area contributed by atoms with Crippen molar-refractivity contribution in [2.24, 2.45) is 5.41 Å². The molecule has 3 rings (SSSR count). The lowest BCUT2D eigenvalue weighted by Gasteiger charge is -2.57. The van der Waals surface area contributed by atoms with Crippen LogP contribution >= 0.6 is 0 Å². The summed E-state index contributed by atoms with van der Waals surface area (Å²) in [7, 11) is 0. The topological polar surface area (TPSA) is 47.0 Å². The van der Waals surface area contributed by atoms with Crippen molar-refractivity contribution >= 4 is 5.95 Å². The lowest BCUT2D eigenvalue weighted by molar-refractivity contribution is -0.141. The number of halogens is 3. The highest BCUT2D eigenvalue weighted by atomic mass is 19.4. The van der Waals surface area contributed by atoms with Gasteiger partial charge in [-0.1, -0.05) is 19.3 Å². The number of hydrogen-bond donors (Lipinski definition) is 1. The summed E-state index contributed by atoms with van der Waals surface area (Å²) in [6.07, 6.45) is 3.30. The number of anilines is 1. The predicted octanol–water partition coefficient (Wildman–Crippen LogP) is 4.04. The molecule has 128 valence electrons. The zero-order valence-corrected chi connectivity index (χ0v) is 13.2. The minimum absolute atomic E-state index is 0.0197.